The van der Waals surface area contributed by atoms with Crippen LogP contribution in [0.2, 0.25) is 20.1 Å². The van der Waals surface area contributed by atoms with Crippen molar-refractivity contribution >= 4 is 69.0 Å². The van der Waals surface area contributed by atoms with E-state index in [1.165, 1.54) is 11.9 Å². The van der Waals surface area contributed by atoms with E-state index < -0.39 is 0 Å². The van der Waals surface area contributed by atoms with E-state index >= 15 is 0 Å². The molecule has 7 rings (SSSR count). The van der Waals surface area contributed by atoms with Crippen LogP contribution in [-0.4, -0.2) is 35.5 Å². The second-order valence-electron chi connectivity index (χ2n) is 10.6. The summed E-state index contributed by atoms with van der Waals surface area (Å²) < 4.78 is 3.65. The van der Waals surface area contributed by atoms with Crippen molar-refractivity contribution < 1.29 is 0 Å². The molecule has 12 heteroatoms. The first-order chi connectivity index (χ1) is 20.9. The zero-order chi connectivity index (χ0) is 29.6. The highest BCUT2D eigenvalue weighted by Gasteiger charge is 2.44. The van der Waals surface area contributed by atoms with Crippen molar-refractivity contribution in [2.75, 3.05) is 10.9 Å². The van der Waals surface area contributed by atoms with E-state index in [1.54, 1.807) is 28.8 Å². The SMILES string of the molecule is Clc1ccc(-c2c(Cn3cncn3)c(N3CSC(C4(c5ccc(Cl)cc5)CCCC4)=N3)nn2-c2ccc(Cl)cc2Cl)cc1. The van der Waals surface area contributed by atoms with Crippen molar-refractivity contribution in [3.8, 4) is 16.9 Å². The monoisotopic (exact) mass is 667 g/mol. The van der Waals surface area contributed by atoms with Crippen molar-refractivity contribution in [2.24, 2.45) is 5.10 Å². The fourth-order valence-corrected chi connectivity index (χ4v) is 7.93. The minimum Gasteiger partial charge on any atom is -0.248 e. The van der Waals surface area contributed by atoms with E-state index in [1.807, 2.05) is 58.2 Å². The Balaban J connectivity index is 1.41. The summed E-state index contributed by atoms with van der Waals surface area (Å²) in [6.45, 7) is 0.423. The molecule has 1 aliphatic carbocycles. The number of nitrogens with zero attached hydrogens (tertiary/aromatic N) is 7. The Hall–Kier alpha value is -3.01. The van der Waals surface area contributed by atoms with Crippen molar-refractivity contribution in [1.29, 1.82) is 0 Å². The zero-order valence-electron chi connectivity index (χ0n) is 22.8. The molecule has 0 radical (unpaired) electrons. The van der Waals surface area contributed by atoms with E-state index in [-0.39, 0.29) is 5.41 Å². The van der Waals surface area contributed by atoms with Crippen molar-refractivity contribution in [1.82, 2.24) is 24.5 Å². The predicted octanol–water partition coefficient (Wildman–Crippen LogP) is 9.13. The minimum absolute atomic E-state index is 0.142. The van der Waals surface area contributed by atoms with E-state index in [0.29, 0.717) is 33.2 Å². The number of benzene rings is 3. The molecular formula is C31H25Cl4N7S. The summed E-state index contributed by atoms with van der Waals surface area (Å²) >= 11 is 27.4. The Morgan fingerprint density at radius 2 is 1.53 bits per heavy atom. The van der Waals surface area contributed by atoms with Crippen LogP contribution in [0.15, 0.2) is 84.5 Å². The molecule has 3 aromatic carbocycles. The first kappa shape index (κ1) is 28.7. The molecule has 1 aliphatic heterocycles. The standard InChI is InChI=1S/C31H25Cl4N7S/c32-22-7-3-20(4-8-22)28-25(16-40-18-36-17-37-40)29(38-42(28)27-12-11-24(34)15-26(27)35)41-19-43-30(39-41)31(13-1-2-14-31)21-5-9-23(33)10-6-21/h3-12,15,17-18H,1-2,13-14,16,19H2. The Labute approximate surface area is 273 Å². The molecule has 0 N–H and O–H groups in total. The average Bonchev–Trinajstić information content (AvgIpc) is 3.81. The summed E-state index contributed by atoms with van der Waals surface area (Å²) in [5.74, 6) is 1.35. The molecule has 0 saturated heterocycles. The third-order valence-electron chi connectivity index (χ3n) is 8.05. The summed E-state index contributed by atoms with van der Waals surface area (Å²) in [4.78, 5) is 4.18. The van der Waals surface area contributed by atoms with Crippen LogP contribution in [0.1, 0.15) is 36.8 Å². The van der Waals surface area contributed by atoms with Gasteiger partial charge >= 0.3 is 0 Å². The molecule has 2 aromatic heterocycles. The lowest BCUT2D eigenvalue weighted by Gasteiger charge is -2.28. The maximum absolute atomic E-state index is 6.77. The molecule has 3 heterocycles. The number of anilines is 1. The van der Waals surface area contributed by atoms with Gasteiger partial charge in [-0.15, -0.1) is 5.10 Å². The number of hydrazone groups is 1. The summed E-state index contributed by atoms with van der Waals surface area (Å²) in [6, 6.07) is 21.3. The summed E-state index contributed by atoms with van der Waals surface area (Å²) in [7, 11) is 0. The number of aromatic nitrogens is 5. The summed E-state index contributed by atoms with van der Waals surface area (Å²) in [5.41, 5.74) is 4.52. The van der Waals surface area contributed by atoms with Gasteiger partial charge in [0.1, 0.15) is 17.7 Å². The molecule has 0 bridgehead atoms. The van der Waals surface area contributed by atoms with Gasteiger partial charge in [0.2, 0.25) is 0 Å². The fourth-order valence-electron chi connectivity index (χ4n) is 6.01. The molecule has 0 spiro atoms. The van der Waals surface area contributed by atoms with Gasteiger partial charge in [0.25, 0.3) is 0 Å². The summed E-state index contributed by atoms with van der Waals surface area (Å²) in [6.07, 6.45) is 7.63. The number of hydrogen-bond donors (Lipinski definition) is 0. The molecule has 1 saturated carbocycles. The average molecular weight is 669 g/mol. The van der Waals surface area contributed by atoms with Crippen LogP contribution in [0.25, 0.3) is 16.9 Å². The smallest absolute Gasteiger partial charge is 0.177 e. The Bertz CT molecular complexity index is 1800. The van der Waals surface area contributed by atoms with Gasteiger partial charge in [-0.25, -0.2) is 19.4 Å². The highest BCUT2D eigenvalue weighted by molar-refractivity contribution is 8.14. The number of rotatable bonds is 7. The van der Waals surface area contributed by atoms with Gasteiger partial charge < -0.3 is 0 Å². The highest BCUT2D eigenvalue weighted by atomic mass is 35.5. The topological polar surface area (TPSA) is 64.1 Å². The van der Waals surface area contributed by atoms with Crippen LogP contribution in [0.4, 0.5) is 5.82 Å². The normalized spacial score (nSPS) is 16.2. The number of hydrogen-bond acceptors (Lipinski definition) is 6. The molecule has 2 aliphatic rings. The molecule has 5 aromatic rings. The molecule has 0 amide bonds. The van der Waals surface area contributed by atoms with E-state index in [9.17, 15) is 0 Å². The lowest BCUT2D eigenvalue weighted by molar-refractivity contribution is 0.606. The van der Waals surface area contributed by atoms with E-state index in [0.717, 1.165) is 58.4 Å². The van der Waals surface area contributed by atoms with Crippen LogP contribution in [0, 0.1) is 0 Å². The minimum atomic E-state index is -0.142. The predicted molar refractivity (Wildman–Crippen MR) is 177 cm³/mol. The van der Waals surface area contributed by atoms with Gasteiger partial charge in [-0.2, -0.15) is 10.2 Å². The number of thioether (sulfide) groups is 1. The molecular weight excluding hydrogens is 644 g/mol. The molecule has 7 nitrogen and oxygen atoms in total. The largest absolute Gasteiger partial charge is 0.248 e. The van der Waals surface area contributed by atoms with Crippen LogP contribution >= 0.6 is 58.2 Å². The lowest BCUT2D eigenvalue weighted by Crippen LogP contribution is -2.30. The molecule has 0 unspecified atom stereocenters. The van der Waals surface area contributed by atoms with Gasteiger partial charge in [-0.05, 0) is 60.9 Å². The second-order valence-corrected chi connectivity index (χ2v) is 13.3. The van der Waals surface area contributed by atoms with Gasteiger partial charge in [0, 0.05) is 31.6 Å². The zero-order valence-corrected chi connectivity index (χ0v) is 26.6. The van der Waals surface area contributed by atoms with Crippen LogP contribution in [0.5, 0.6) is 0 Å². The first-order valence-electron chi connectivity index (χ1n) is 13.8. The first-order valence-corrected chi connectivity index (χ1v) is 16.3. The van der Waals surface area contributed by atoms with Crippen molar-refractivity contribution in [2.45, 2.75) is 37.6 Å². The van der Waals surface area contributed by atoms with Gasteiger partial charge in [-0.3, -0.25) is 0 Å². The second kappa shape index (κ2) is 11.8. The molecule has 1 fully saturated rings. The maximum Gasteiger partial charge on any atom is 0.177 e. The van der Waals surface area contributed by atoms with Gasteiger partial charge in [0.15, 0.2) is 5.82 Å². The Morgan fingerprint density at radius 3 is 2.21 bits per heavy atom. The van der Waals surface area contributed by atoms with Gasteiger partial charge in [0.05, 0.1) is 28.8 Å². The molecule has 218 valence electrons. The van der Waals surface area contributed by atoms with Crippen LogP contribution in [-0.2, 0) is 12.0 Å². The highest BCUT2D eigenvalue weighted by Crippen LogP contribution is 2.48. The fraction of sp³-hybridized carbons (Fsp3) is 0.226. The summed E-state index contributed by atoms with van der Waals surface area (Å²) in [5, 5.41) is 20.4. The molecule has 43 heavy (non-hydrogen) atoms. The lowest BCUT2D eigenvalue weighted by atomic mass is 9.80. The van der Waals surface area contributed by atoms with Crippen LogP contribution < -0.4 is 5.01 Å². The maximum atomic E-state index is 6.77. The van der Waals surface area contributed by atoms with E-state index in [4.69, 9.17) is 56.6 Å². The Kier molecular flexibility index (Phi) is 7.90. The van der Waals surface area contributed by atoms with Crippen molar-refractivity contribution in [3.63, 3.8) is 0 Å². The van der Waals surface area contributed by atoms with Crippen molar-refractivity contribution in [3.05, 3.63) is 111 Å². The van der Waals surface area contributed by atoms with E-state index in [2.05, 4.69) is 22.2 Å². The van der Waals surface area contributed by atoms with Crippen LogP contribution in [0.3, 0.4) is 0 Å². The molecule has 0 atom stereocenters. The van der Waals surface area contributed by atoms with Gasteiger partial charge in [-0.1, -0.05) is 95.3 Å². The third-order valence-corrected chi connectivity index (χ3v) is 10.2. The third kappa shape index (κ3) is 5.44. The number of halogens is 4. The Morgan fingerprint density at radius 1 is 0.837 bits per heavy atom. The quantitative estimate of drug-likeness (QED) is 0.173.